The Morgan fingerprint density at radius 3 is 2.78 bits per heavy atom. The summed E-state index contributed by atoms with van der Waals surface area (Å²) in [4.78, 5) is 6.74. The molecule has 0 aliphatic carbocycles. The Hall–Kier alpha value is -0.970. The van der Waals surface area contributed by atoms with E-state index in [1.54, 1.807) is 0 Å². The Morgan fingerprint density at radius 1 is 1.39 bits per heavy atom. The molecule has 2 rings (SSSR count). The second-order valence-electron chi connectivity index (χ2n) is 5.10. The van der Waals surface area contributed by atoms with Gasteiger partial charge in [-0.15, -0.1) is 0 Å². The van der Waals surface area contributed by atoms with Gasteiger partial charge in [-0.2, -0.15) is 0 Å². The third kappa shape index (κ3) is 3.77. The van der Waals surface area contributed by atoms with Crippen LogP contribution in [0.4, 0.5) is 0 Å². The molecule has 0 bridgehead atoms. The highest BCUT2D eigenvalue weighted by Gasteiger charge is 2.29. The lowest BCUT2D eigenvalue weighted by Gasteiger charge is -2.37. The van der Waals surface area contributed by atoms with Crippen molar-refractivity contribution in [1.82, 2.24) is 9.88 Å². The molecule has 1 aliphatic rings. The molecule has 4 nitrogen and oxygen atoms in total. The van der Waals surface area contributed by atoms with Crippen LogP contribution in [0.5, 0.6) is 0 Å². The van der Waals surface area contributed by atoms with Crippen molar-refractivity contribution in [3.8, 4) is 0 Å². The average Bonchev–Trinajstić information content (AvgIpc) is 2.40. The van der Waals surface area contributed by atoms with Gasteiger partial charge in [-0.05, 0) is 31.5 Å². The van der Waals surface area contributed by atoms with E-state index < -0.39 is 0 Å². The molecule has 0 unspecified atom stereocenters. The largest absolute Gasteiger partial charge is 0.381 e. The molecule has 1 saturated heterocycles. The minimum atomic E-state index is -0.0942. The second-order valence-corrected chi connectivity index (χ2v) is 5.10. The van der Waals surface area contributed by atoms with Gasteiger partial charge < -0.3 is 10.5 Å². The van der Waals surface area contributed by atoms with Crippen molar-refractivity contribution in [3.63, 3.8) is 0 Å². The van der Waals surface area contributed by atoms with Crippen LogP contribution in [0.3, 0.4) is 0 Å². The average molecular weight is 249 g/mol. The minimum absolute atomic E-state index is 0.0942. The number of likely N-dealkylation sites (N-methyl/N-ethyl adjacent to an activating group) is 1. The molecular weight excluding hydrogens is 226 g/mol. The Kier molecular flexibility index (Phi) is 4.69. The molecule has 0 amide bonds. The number of rotatable bonds is 5. The second kappa shape index (κ2) is 6.27. The summed E-state index contributed by atoms with van der Waals surface area (Å²) < 4.78 is 5.39. The van der Waals surface area contributed by atoms with Gasteiger partial charge >= 0.3 is 0 Å². The number of pyridine rings is 1. The maximum Gasteiger partial charge on any atom is 0.0543 e. The van der Waals surface area contributed by atoms with E-state index in [2.05, 4.69) is 22.9 Å². The highest BCUT2D eigenvalue weighted by atomic mass is 16.5. The monoisotopic (exact) mass is 249 g/mol. The van der Waals surface area contributed by atoms with Crippen molar-refractivity contribution in [3.05, 3.63) is 30.1 Å². The van der Waals surface area contributed by atoms with Crippen LogP contribution in [0.2, 0.25) is 0 Å². The third-order valence-corrected chi connectivity index (χ3v) is 3.59. The molecule has 18 heavy (non-hydrogen) atoms. The van der Waals surface area contributed by atoms with Gasteiger partial charge in [-0.1, -0.05) is 13.0 Å². The Morgan fingerprint density at radius 2 is 2.17 bits per heavy atom. The SMILES string of the molecule is CCN(Cc1ccccn1)CC1(N)CCOCC1. The van der Waals surface area contributed by atoms with Crippen LogP contribution < -0.4 is 5.73 Å². The third-order valence-electron chi connectivity index (χ3n) is 3.59. The summed E-state index contributed by atoms with van der Waals surface area (Å²) in [5, 5.41) is 0. The van der Waals surface area contributed by atoms with Gasteiger partial charge in [-0.25, -0.2) is 0 Å². The zero-order valence-electron chi connectivity index (χ0n) is 11.1. The van der Waals surface area contributed by atoms with Crippen LogP contribution >= 0.6 is 0 Å². The summed E-state index contributed by atoms with van der Waals surface area (Å²) in [5.41, 5.74) is 7.46. The van der Waals surface area contributed by atoms with Crippen LogP contribution in [0, 0.1) is 0 Å². The molecule has 2 N–H and O–H groups in total. The van der Waals surface area contributed by atoms with Crippen molar-refractivity contribution >= 4 is 0 Å². The van der Waals surface area contributed by atoms with Gasteiger partial charge in [0.25, 0.3) is 0 Å². The van der Waals surface area contributed by atoms with Crippen LogP contribution in [0.15, 0.2) is 24.4 Å². The molecule has 0 saturated carbocycles. The van der Waals surface area contributed by atoms with Crippen molar-refractivity contribution in [2.24, 2.45) is 5.73 Å². The Balaban J connectivity index is 1.92. The van der Waals surface area contributed by atoms with Gasteiger partial charge in [0.05, 0.1) is 5.69 Å². The first kappa shape index (κ1) is 13.5. The molecule has 0 radical (unpaired) electrons. The van der Waals surface area contributed by atoms with Crippen LogP contribution in [0.25, 0.3) is 0 Å². The molecule has 4 heteroatoms. The molecule has 100 valence electrons. The number of hydrogen-bond acceptors (Lipinski definition) is 4. The van der Waals surface area contributed by atoms with Crippen molar-refractivity contribution in [2.45, 2.75) is 31.8 Å². The normalized spacial score (nSPS) is 19.1. The number of aromatic nitrogens is 1. The van der Waals surface area contributed by atoms with E-state index >= 15 is 0 Å². The summed E-state index contributed by atoms with van der Waals surface area (Å²) in [6, 6.07) is 6.04. The number of ether oxygens (including phenoxy) is 1. The molecule has 0 spiro atoms. The van der Waals surface area contributed by atoms with E-state index in [0.717, 1.165) is 51.4 Å². The van der Waals surface area contributed by atoms with Gasteiger partial charge in [0, 0.05) is 38.0 Å². The summed E-state index contributed by atoms with van der Waals surface area (Å²) in [6.07, 6.45) is 3.74. The first-order chi connectivity index (χ1) is 8.72. The van der Waals surface area contributed by atoms with Crippen molar-refractivity contribution in [2.75, 3.05) is 26.3 Å². The van der Waals surface area contributed by atoms with E-state index in [4.69, 9.17) is 10.5 Å². The van der Waals surface area contributed by atoms with Crippen LogP contribution in [0.1, 0.15) is 25.5 Å². The molecule has 2 heterocycles. The molecule has 1 aromatic heterocycles. The number of nitrogens with two attached hydrogens (primary N) is 1. The van der Waals surface area contributed by atoms with Gasteiger partial charge in [0.2, 0.25) is 0 Å². The highest BCUT2D eigenvalue weighted by molar-refractivity contribution is 5.03. The summed E-state index contributed by atoms with van der Waals surface area (Å²) in [6.45, 7) is 6.54. The lowest BCUT2D eigenvalue weighted by molar-refractivity contribution is 0.0371. The Labute approximate surface area is 109 Å². The molecule has 0 atom stereocenters. The topological polar surface area (TPSA) is 51.4 Å². The fraction of sp³-hybridized carbons (Fsp3) is 0.643. The van der Waals surface area contributed by atoms with Gasteiger partial charge in [0.15, 0.2) is 0 Å². The van der Waals surface area contributed by atoms with E-state index in [-0.39, 0.29) is 5.54 Å². The van der Waals surface area contributed by atoms with Crippen LogP contribution in [-0.4, -0.2) is 41.7 Å². The van der Waals surface area contributed by atoms with E-state index in [0.29, 0.717) is 0 Å². The van der Waals surface area contributed by atoms with E-state index in [1.807, 2.05) is 18.3 Å². The smallest absolute Gasteiger partial charge is 0.0543 e. The maximum atomic E-state index is 6.45. The number of hydrogen-bond donors (Lipinski definition) is 1. The zero-order chi connectivity index (χ0) is 12.8. The summed E-state index contributed by atoms with van der Waals surface area (Å²) in [5.74, 6) is 0. The molecule has 0 aromatic carbocycles. The predicted molar refractivity (Wildman–Crippen MR) is 72.2 cm³/mol. The molecular formula is C14H23N3O. The zero-order valence-corrected chi connectivity index (χ0v) is 11.1. The van der Waals surface area contributed by atoms with E-state index in [1.165, 1.54) is 0 Å². The number of nitrogens with zero attached hydrogens (tertiary/aromatic N) is 2. The van der Waals surface area contributed by atoms with Crippen molar-refractivity contribution in [1.29, 1.82) is 0 Å². The molecule has 1 aliphatic heterocycles. The first-order valence-electron chi connectivity index (χ1n) is 6.71. The lowest BCUT2D eigenvalue weighted by Crippen LogP contribution is -2.53. The predicted octanol–water partition coefficient (Wildman–Crippen LogP) is 1.41. The maximum absolute atomic E-state index is 6.45. The van der Waals surface area contributed by atoms with Crippen molar-refractivity contribution < 1.29 is 4.74 Å². The van der Waals surface area contributed by atoms with E-state index in [9.17, 15) is 0 Å². The first-order valence-corrected chi connectivity index (χ1v) is 6.71. The summed E-state index contributed by atoms with van der Waals surface area (Å²) >= 11 is 0. The van der Waals surface area contributed by atoms with Crippen LogP contribution in [-0.2, 0) is 11.3 Å². The van der Waals surface area contributed by atoms with Gasteiger partial charge in [-0.3, -0.25) is 9.88 Å². The fourth-order valence-electron chi connectivity index (χ4n) is 2.38. The molecule has 1 fully saturated rings. The fourth-order valence-corrected chi connectivity index (χ4v) is 2.38. The quantitative estimate of drug-likeness (QED) is 0.857. The van der Waals surface area contributed by atoms with Gasteiger partial charge in [0.1, 0.15) is 0 Å². The Bertz CT molecular complexity index is 349. The molecule has 1 aromatic rings. The lowest BCUT2D eigenvalue weighted by atomic mass is 9.90. The highest BCUT2D eigenvalue weighted by Crippen LogP contribution is 2.19. The summed E-state index contributed by atoms with van der Waals surface area (Å²) in [7, 11) is 0. The minimum Gasteiger partial charge on any atom is -0.381 e. The standard InChI is InChI=1S/C14H23N3O/c1-2-17(11-13-5-3-4-8-16-13)12-14(15)6-9-18-10-7-14/h3-5,8H,2,6-7,9-12,15H2,1H3.